The van der Waals surface area contributed by atoms with E-state index in [4.69, 9.17) is 0 Å². The van der Waals surface area contributed by atoms with Crippen LogP contribution in [-0.4, -0.2) is 11.0 Å². The lowest BCUT2D eigenvalue weighted by molar-refractivity contribution is 1.11. The van der Waals surface area contributed by atoms with Crippen molar-refractivity contribution in [3.63, 3.8) is 0 Å². The maximum absolute atomic E-state index is 4.21. The Morgan fingerprint density at radius 2 is 2.42 bits per heavy atom. The van der Waals surface area contributed by atoms with Gasteiger partial charge in [0.1, 0.15) is 5.82 Å². The molecule has 0 aliphatic heterocycles. The highest BCUT2D eigenvalue weighted by atomic mass is 15.0. The Bertz CT molecular complexity index is 290. The summed E-state index contributed by atoms with van der Waals surface area (Å²) in [6.45, 7) is 3.71. The largest absolute Gasteiger partial charge is 0.367 e. The van der Waals surface area contributed by atoms with Crippen LogP contribution in [0.5, 0.6) is 0 Å². The summed E-state index contributed by atoms with van der Waals surface area (Å²) >= 11 is 0. The molecule has 0 spiro atoms. The van der Waals surface area contributed by atoms with E-state index in [-0.39, 0.29) is 0 Å². The van der Waals surface area contributed by atoms with E-state index in [9.17, 15) is 0 Å². The molecule has 62 valence electrons. The molecule has 2 heteroatoms. The zero-order valence-corrected chi connectivity index (χ0v) is 6.96. The van der Waals surface area contributed by atoms with Crippen molar-refractivity contribution in [3.8, 4) is 0 Å². The fourth-order valence-electron chi connectivity index (χ4n) is 1.09. The van der Waals surface area contributed by atoms with Crippen LogP contribution in [0, 0.1) is 0 Å². The van der Waals surface area contributed by atoms with Crippen LogP contribution in [0.4, 0.5) is 5.82 Å². The number of pyridine rings is 1. The number of nitrogens with one attached hydrogen (secondary N) is 1. The number of rotatable bonds is 3. The van der Waals surface area contributed by atoms with Crippen LogP contribution in [-0.2, 0) is 0 Å². The molecule has 0 bridgehead atoms. The van der Waals surface area contributed by atoms with E-state index in [1.165, 1.54) is 12.8 Å². The summed E-state index contributed by atoms with van der Waals surface area (Å²) < 4.78 is 0. The molecule has 0 saturated heterocycles. The molecule has 0 atom stereocenters. The smallest absolute Gasteiger partial charge is 0.126 e. The van der Waals surface area contributed by atoms with Gasteiger partial charge in [0.05, 0.1) is 0 Å². The Hall–Kier alpha value is -1.31. The SMILES string of the molecule is C=Cc1ccnc(NC2CC2)c1. The number of hydrogen-bond acceptors (Lipinski definition) is 2. The van der Waals surface area contributed by atoms with Crippen molar-refractivity contribution in [2.45, 2.75) is 18.9 Å². The lowest BCUT2D eigenvalue weighted by Gasteiger charge is -2.02. The molecule has 1 fully saturated rings. The Labute approximate surface area is 72.3 Å². The molecule has 1 N–H and O–H groups in total. The van der Waals surface area contributed by atoms with Gasteiger partial charge in [0, 0.05) is 12.2 Å². The van der Waals surface area contributed by atoms with Gasteiger partial charge in [-0.2, -0.15) is 0 Å². The molecule has 0 radical (unpaired) electrons. The van der Waals surface area contributed by atoms with E-state index in [1.54, 1.807) is 0 Å². The van der Waals surface area contributed by atoms with Crippen LogP contribution >= 0.6 is 0 Å². The van der Waals surface area contributed by atoms with Gasteiger partial charge in [-0.1, -0.05) is 12.7 Å². The molecule has 2 rings (SSSR count). The van der Waals surface area contributed by atoms with Gasteiger partial charge in [-0.05, 0) is 30.5 Å². The molecule has 1 aliphatic rings. The van der Waals surface area contributed by atoms with Crippen LogP contribution in [0.3, 0.4) is 0 Å². The van der Waals surface area contributed by atoms with Gasteiger partial charge >= 0.3 is 0 Å². The minimum atomic E-state index is 0.664. The van der Waals surface area contributed by atoms with Crippen LogP contribution in [0.1, 0.15) is 18.4 Å². The van der Waals surface area contributed by atoms with Crippen molar-refractivity contribution in [2.24, 2.45) is 0 Å². The topological polar surface area (TPSA) is 24.9 Å². The second-order valence-corrected chi connectivity index (χ2v) is 3.10. The Morgan fingerprint density at radius 3 is 3.08 bits per heavy atom. The lowest BCUT2D eigenvalue weighted by atomic mass is 10.2. The summed E-state index contributed by atoms with van der Waals surface area (Å²) in [7, 11) is 0. The summed E-state index contributed by atoms with van der Waals surface area (Å²) in [4.78, 5) is 4.21. The minimum absolute atomic E-state index is 0.664. The molecule has 1 aromatic heterocycles. The fraction of sp³-hybridized carbons (Fsp3) is 0.300. The third-order valence-electron chi connectivity index (χ3n) is 1.95. The molecule has 0 unspecified atom stereocenters. The summed E-state index contributed by atoms with van der Waals surface area (Å²) in [5.41, 5.74) is 1.12. The van der Waals surface area contributed by atoms with Crippen molar-refractivity contribution in [3.05, 3.63) is 30.5 Å². The molecule has 0 amide bonds. The van der Waals surface area contributed by atoms with Crippen LogP contribution in [0.25, 0.3) is 6.08 Å². The highest BCUT2D eigenvalue weighted by Gasteiger charge is 2.20. The highest BCUT2D eigenvalue weighted by molar-refractivity contribution is 5.52. The second-order valence-electron chi connectivity index (χ2n) is 3.10. The first-order chi connectivity index (χ1) is 5.88. The van der Waals surface area contributed by atoms with Crippen LogP contribution in [0.2, 0.25) is 0 Å². The first-order valence-electron chi connectivity index (χ1n) is 4.23. The minimum Gasteiger partial charge on any atom is -0.367 e. The first kappa shape index (κ1) is 7.35. The van der Waals surface area contributed by atoms with E-state index in [2.05, 4.69) is 16.9 Å². The Balaban J connectivity index is 2.13. The maximum Gasteiger partial charge on any atom is 0.126 e. The van der Waals surface area contributed by atoms with Crippen LogP contribution < -0.4 is 5.32 Å². The second kappa shape index (κ2) is 2.97. The monoisotopic (exact) mass is 160 g/mol. The van der Waals surface area contributed by atoms with E-state index in [0.29, 0.717) is 6.04 Å². The van der Waals surface area contributed by atoms with Gasteiger partial charge < -0.3 is 5.32 Å². The summed E-state index contributed by atoms with van der Waals surface area (Å²) in [5, 5.41) is 3.33. The van der Waals surface area contributed by atoms with Gasteiger partial charge in [0.15, 0.2) is 0 Å². The quantitative estimate of drug-likeness (QED) is 0.733. The molecule has 12 heavy (non-hydrogen) atoms. The van der Waals surface area contributed by atoms with Gasteiger partial charge in [0.2, 0.25) is 0 Å². The first-order valence-corrected chi connectivity index (χ1v) is 4.23. The number of hydrogen-bond donors (Lipinski definition) is 1. The zero-order valence-electron chi connectivity index (χ0n) is 6.96. The van der Waals surface area contributed by atoms with Gasteiger partial charge in [0.25, 0.3) is 0 Å². The number of anilines is 1. The predicted molar refractivity (Wildman–Crippen MR) is 51.0 cm³/mol. The van der Waals surface area contributed by atoms with Crippen molar-refractivity contribution in [2.75, 3.05) is 5.32 Å². The van der Waals surface area contributed by atoms with E-state index >= 15 is 0 Å². The molecule has 1 saturated carbocycles. The van der Waals surface area contributed by atoms with Crippen molar-refractivity contribution in [1.82, 2.24) is 4.98 Å². The fourth-order valence-corrected chi connectivity index (χ4v) is 1.09. The molecule has 0 aromatic carbocycles. The standard InChI is InChI=1S/C10H12N2/c1-2-8-5-6-11-10(7-8)12-9-3-4-9/h2,5-7,9H,1,3-4H2,(H,11,12). The summed E-state index contributed by atoms with van der Waals surface area (Å²) in [5.74, 6) is 0.968. The number of aromatic nitrogens is 1. The van der Waals surface area contributed by atoms with Crippen molar-refractivity contribution in [1.29, 1.82) is 0 Å². The maximum atomic E-state index is 4.21. The predicted octanol–water partition coefficient (Wildman–Crippen LogP) is 2.30. The molecule has 2 nitrogen and oxygen atoms in total. The lowest BCUT2D eigenvalue weighted by Crippen LogP contribution is -2.02. The normalized spacial score (nSPS) is 15.7. The Morgan fingerprint density at radius 1 is 1.58 bits per heavy atom. The van der Waals surface area contributed by atoms with Gasteiger partial charge in [-0.25, -0.2) is 4.98 Å². The Kier molecular flexibility index (Phi) is 1.82. The van der Waals surface area contributed by atoms with Gasteiger partial charge in [-0.3, -0.25) is 0 Å². The summed E-state index contributed by atoms with van der Waals surface area (Å²) in [6, 6.07) is 4.63. The van der Waals surface area contributed by atoms with Crippen LogP contribution in [0.15, 0.2) is 24.9 Å². The van der Waals surface area contributed by atoms with E-state index in [0.717, 1.165) is 11.4 Å². The third kappa shape index (κ3) is 1.64. The van der Waals surface area contributed by atoms with Crippen molar-refractivity contribution < 1.29 is 0 Å². The average molecular weight is 160 g/mol. The van der Waals surface area contributed by atoms with Crippen molar-refractivity contribution >= 4 is 11.9 Å². The zero-order chi connectivity index (χ0) is 8.39. The molecular weight excluding hydrogens is 148 g/mol. The molecule has 1 aromatic rings. The van der Waals surface area contributed by atoms with Gasteiger partial charge in [-0.15, -0.1) is 0 Å². The molecule has 1 aliphatic carbocycles. The summed E-state index contributed by atoms with van der Waals surface area (Å²) in [6.07, 6.45) is 6.20. The van der Waals surface area contributed by atoms with E-state index in [1.807, 2.05) is 24.4 Å². The number of nitrogens with zero attached hydrogens (tertiary/aromatic N) is 1. The molecule has 1 heterocycles. The third-order valence-corrected chi connectivity index (χ3v) is 1.95. The average Bonchev–Trinajstić information content (AvgIpc) is 2.89. The highest BCUT2D eigenvalue weighted by Crippen LogP contribution is 2.23. The molecular formula is C10H12N2. The van der Waals surface area contributed by atoms with E-state index < -0.39 is 0 Å².